The quantitative estimate of drug-likeness (QED) is 0.675. The standard InChI is InChI=1S/C17H28N2O3/c1-5-7-10-18-17(20)13-19(6-2)12-14-8-9-15(21-3)16(11-14)22-4/h8-9,11H,5-7,10,12-13H2,1-4H3,(H,18,20). The number of likely N-dealkylation sites (N-methyl/N-ethyl adjacent to an activating group) is 1. The lowest BCUT2D eigenvalue weighted by Gasteiger charge is -2.20. The monoisotopic (exact) mass is 308 g/mol. The molecule has 1 N–H and O–H groups in total. The maximum absolute atomic E-state index is 11.9. The van der Waals surface area contributed by atoms with Crippen molar-refractivity contribution in [2.75, 3.05) is 33.9 Å². The number of carbonyl (C=O) groups excluding carboxylic acids is 1. The van der Waals surface area contributed by atoms with Gasteiger partial charge in [-0.1, -0.05) is 26.3 Å². The number of hydrogen-bond donors (Lipinski definition) is 1. The number of hydrogen-bond acceptors (Lipinski definition) is 4. The normalized spacial score (nSPS) is 10.6. The summed E-state index contributed by atoms with van der Waals surface area (Å²) in [6, 6.07) is 5.85. The fourth-order valence-electron chi connectivity index (χ4n) is 2.18. The van der Waals surface area contributed by atoms with Gasteiger partial charge in [-0.2, -0.15) is 0 Å². The molecule has 0 aliphatic carbocycles. The van der Waals surface area contributed by atoms with Crippen LogP contribution in [0.25, 0.3) is 0 Å². The molecule has 1 aromatic rings. The minimum atomic E-state index is 0.0794. The van der Waals surface area contributed by atoms with E-state index in [1.165, 1.54) is 0 Å². The second kappa shape index (κ2) is 10.1. The zero-order chi connectivity index (χ0) is 16.4. The van der Waals surface area contributed by atoms with E-state index < -0.39 is 0 Å². The molecule has 0 fully saturated rings. The molecule has 0 atom stereocenters. The minimum absolute atomic E-state index is 0.0794. The molecular formula is C17H28N2O3. The third-order valence-electron chi connectivity index (χ3n) is 3.52. The van der Waals surface area contributed by atoms with Crippen molar-refractivity contribution >= 4 is 5.91 Å². The molecule has 5 nitrogen and oxygen atoms in total. The van der Waals surface area contributed by atoms with Crippen molar-refractivity contribution in [1.29, 1.82) is 0 Å². The summed E-state index contributed by atoms with van der Waals surface area (Å²) in [5, 5.41) is 2.95. The molecule has 0 aliphatic rings. The highest BCUT2D eigenvalue weighted by Crippen LogP contribution is 2.27. The van der Waals surface area contributed by atoms with Gasteiger partial charge < -0.3 is 14.8 Å². The van der Waals surface area contributed by atoms with E-state index in [4.69, 9.17) is 9.47 Å². The van der Waals surface area contributed by atoms with E-state index in [2.05, 4.69) is 24.1 Å². The summed E-state index contributed by atoms with van der Waals surface area (Å²) in [7, 11) is 3.25. The van der Waals surface area contributed by atoms with Crippen LogP contribution in [0.15, 0.2) is 18.2 Å². The van der Waals surface area contributed by atoms with Gasteiger partial charge in [0, 0.05) is 13.1 Å². The Hall–Kier alpha value is -1.75. The Morgan fingerprint density at radius 1 is 1.18 bits per heavy atom. The van der Waals surface area contributed by atoms with Crippen molar-refractivity contribution in [2.45, 2.75) is 33.2 Å². The largest absolute Gasteiger partial charge is 0.493 e. The third kappa shape index (κ3) is 5.93. The number of rotatable bonds is 10. The highest BCUT2D eigenvalue weighted by Gasteiger charge is 2.11. The van der Waals surface area contributed by atoms with Crippen molar-refractivity contribution < 1.29 is 14.3 Å². The Morgan fingerprint density at radius 3 is 2.50 bits per heavy atom. The molecule has 0 bridgehead atoms. The first-order valence-electron chi connectivity index (χ1n) is 7.84. The van der Waals surface area contributed by atoms with Crippen LogP contribution in [-0.2, 0) is 11.3 Å². The second-order valence-electron chi connectivity index (χ2n) is 5.20. The van der Waals surface area contributed by atoms with Crippen LogP contribution in [-0.4, -0.2) is 44.7 Å². The van der Waals surface area contributed by atoms with Crippen LogP contribution < -0.4 is 14.8 Å². The van der Waals surface area contributed by atoms with Gasteiger partial charge >= 0.3 is 0 Å². The van der Waals surface area contributed by atoms with E-state index in [-0.39, 0.29) is 5.91 Å². The number of nitrogens with zero attached hydrogens (tertiary/aromatic N) is 1. The maximum atomic E-state index is 11.9. The Kier molecular flexibility index (Phi) is 8.36. The molecular weight excluding hydrogens is 280 g/mol. The number of unbranched alkanes of at least 4 members (excludes halogenated alkanes) is 1. The van der Waals surface area contributed by atoms with Gasteiger partial charge in [-0.25, -0.2) is 0 Å². The number of amides is 1. The summed E-state index contributed by atoms with van der Waals surface area (Å²) in [5.41, 5.74) is 1.10. The van der Waals surface area contributed by atoms with Gasteiger partial charge in [0.15, 0.2) is 11.5 Å². The van der Waals surface area contributed by atoms with E-state index in [1.54, 1.807) is 14.2 Å². The zero-order valence-corrected chi connectivity index (χ0v) is 14.1. The van der Waals surface area contributed by atoms with Gasteiger partial charge in [-0.15, -0.1) is 0 Å². The van der Waals surface area contributed by atoms with Gasteiger partial charge in [0.2, 0.25) is 5.91 Å². The lowest BCUT2D eigenvalue weighted by Crippen LogP contribution is -2.37. The third-order valence-corrected chi connectivity index (χ3v) is 3.52. The molecule has 0 aromatic heterocycles. The number of nitrogens with one attached hydrogen (secondary N) is 1. The highest BCUT2D eigenvalue weighted by molar-refractivity contribution is 5.77. The van der Waals surface area contributed by atoms with Crippen LogP contribution in [0.5, 0.6) is 11.5 Å². The number of benzene rings is 1. The lowest BCUT2D eigenvalue weighted by atomic mass is 10.2. The zero-order valence-electron chi connectivity index (χ0n) is 14.1. The average Bonchev–Trinajstić information content (AvgIpc) is 2.54. The Labute approximate surface area is 133 Å². The van der Waals surface area contributed by atoms with Crippen LogP contribution in [0.3, 0.4) is 0 Å². The molecule has 22 heavy (non-hydrogen) atoms. The molecule has 124 valence electrons. The lowest BCUT2D eigenvalue weighted by molar-refractivity contribution is -0.122. The topological polar surface area (TPSA) is 50.8 Å². The van der Waals surface area contributed by atoms with E-state index in [9.17, 15) is 4.79 Å². The molecule has 1 aromatic carbocycles. The summed E-state index contributed by atoms with van der Waals surface area (Å²) >= 11 is 0. The van der Waals surface area contributed by atoms with Gasteiger partial charge in [0.05, 0.1) is 20.8 Å². The van der Waals surface area contributed by atoms with Crippen LogP contribution in [0.1, 0.15) is 32.3 Å². The van der Waals surface area contributed by atoms with Crippen molar-refractivity contribution in [2.24, 2.45) is 0 Å². The van der Waals surface area contributed by atoms with Crippen LogP contribution in [0, 0.1) is 0 Å². The molecule has 0 aliphatic heterocycles. The molecule has 1 amide bonds. The summed E-state index contributed by atoms with van der Waals surface area (Å²) in [4.78, 5) is 14.0. The van der Waals surface area contributed by atoms with E-state index in [0.29, 0.717) is 24.6 Å². The Balaban J connectivity index is 2.60. The maximum Gasteiger partial charge on any atom is 0.234 e. The molecule has 0 spiro atoms. The number of carbonyl (C=O) groups is 1. The van der Waals surface area contributed by atoms with Crippen molar-refractivity contribution in [3.8, 4) is 11.5 Å². The van der Waals surface area contributed by atoms with E-state index in [0.717, 1.165) is 31.5 Å². The minimum Gasteiger partial charge on any atom is -0.493 e. The van der Waals surface area contributed by atoms with Crippen LogP contribution >= 0.6 is 0 Å². The van der Waals surface area contributed by atoms with E-state index >= 15 is 0 Å². The second-order valence-corrected chi connectivity index (χ2v) is 5.20. The smallest absolute Gasteiger partial charge is 0.234 e. The number of ether oxygens (including phenoxy) is 2. The summed E-state index contributed by atoms with van der Waals surface area (Å²) in [6.07, 6.45) is 2.11. The predicted octanol–water partition coefficient (Wildman–Crippen LogP) is 2.44. The Bertz CT molecular complexity index is 463. The van der Waals surface area contributed by atoms with E-state index in [1.807, 2.05) is 18.2 Å². The first kappa shape index (κ1) is 18.3. The SMILES string of the molecule is CCCCNC(=O)CN(CC)Cc1ccc(OC)c(OC)c1. The first-order valence-corrected chi connectivity index (χ1v) is 7.84. The molecule has 0 heterocycles. The van der Waals surface area contributed by atoms with Gasteiger partial charge in [-0.3, -0.25) is 9.69 Å². The molecule has 0 saturated carbocycles. The average molecular weight is 308 g/mol. The fourth-order valence-corrected chi connectivity index (χ4v) is 2.18. The molecule has 1 rings (SSSR count). The van der Waals surface area contributed by atoms with Crippen molar-refractivity contribution in [3.63, 3.8) is 0 Å². The van der Waals surface area contributed by atoms with Crippen LogP contribution in [0.2, 0.25) is 0 Å². The molecule has 5 heteroatoms. The first-order chi connectivity index (χ1) is 10.6. The molecule has 0 unspecified atom stereocenters. The van der Waals surface area contributed by atoms with Crippen molar-refractivity contribution in [1.82, 2.24) is 10.2 Å². The van der Waals surface area contributed by atoms with Crippen LogP contribution in [0.4, 0.5) is 0 Å². The van der Waals surface area contributed by atoms with Crippen molar-refractivity contribution in [3.05, 3.63) is 23.8 Å². The fraction of sp³-hybridized carbons (Fsp3) is 0.588. The molecule has 0 saturated heterocycles. The van der Waals surface area contributed by atoms with Gasteiger partial charge in [-0.05, 0) is 30.7 Å². The van der Waals surface area contributed by atoms with Gasteiger partial charge in [0.1, 0.15) is 0 Å². The molecule has 0 radical (unpaired) electrons. The summed E-state index contributed by atoms with van der Waals surface area (Å²) in [6.45, 7) is 6.85. The predicted molar refractivity (Wildman–Crippen MR) is 88.4 cm³/mol. The highest BCUT2D eigenvalue weighted by atomic mass is 16.5. The van der Waals surface area contributed by atoms with Gasteiger partial charge in [0.25, 0.3) is 0 Å². The number of methoxy groups -OCH3 is 2. The summed E-state index contributed by atoms with van der Waals surface area (Å²) in [5.74, 6) is 1.51. The summed E-state index contributed by atoms with van der Waals surface area (Å²) < 4.78 is 10.6. The Morgan fingerprint density at radius 2 is 1.91 bits per heavy atom.